The minimum Gasteiger partial charge on any atom is -0.393 e. The molecule has 0 aliphatic heterocycles. The van der Waals surface area contributed by atoms with Crippen LogP contribution < -0.4 is 0 Å². The second-order valence-electron chi connectivity index (χ2n) is 5.74. The van der Waals surface area contributed by atoms with Gasteiger partial charge in [0.1, 0.15) is 0 Å². The van der Waals surface area contributed by atoms with Crippen LogP contribution >= 0.6 is 0 Å². The summed E-state index contributed by atoms with van der Waals surface area (Å²) in [4.78, 5) is 4.74. The number of hydrogen-bond donors (Lipinski definition) is 1. The molecule has 0 saturated heterocycles. The average molecular weight is 255 g/mol. The van der Waals surface area contributed by atoms with E-state index in [1.54, 1.807) is 0 Å². The molecule has 0 radical (unpaired) electrons. The zero-order valence-corrected chi connectivity index (χ0v) is 11.3. The molecule has 1 heterocycles. The van der Waals surface area contributed by atoms with Gasteiger partial charge in [0.2, 0.25) is 0 Å². The van der Waals surface area contributed by atoms with Crippen LogP contribution in [0.25, 0.3) is 10.9 Å². The highest BCUT2D eigenvalue weighted by Gasteiger charge is 2.19. The summed E-state index contributed by atoms with van der Waals surface area (Å²) in [6.45, 7) is 0. The first-order chi connectivity index (χ1) is 9.31. The maximum atomic E-state index is 9.89. The van der Waals surface area contributed by atoms with Crippen LogP contribution in [0.4, 0.5) is 0 Å². The highest BCUT2D eigenvalue weighted by Crippen LogP contribution is 2.26. The molecule has 1 N–H and O–H groups in total. The van der Waals surface area contributed by atoms with Crippen molar-refractivity contribution in [3.05, 3.63) is 42.1 Å². The Bertz CT molecular complexity index is 552. The Labute approximate surface area is 114 Å². The Morgan fingerprint density at radius 2 is 1.89 bits per heavy atom. The number of benzene rings is 1. The summed E-state index contributed by atoms with van der Waals surface area (Å²) in [6, 6.07) is 12.5. The van der Waals surface area contributed by atoms with Crippen molar-refractivity contribution in [2.45, 2.75) is 44.6 Å². The lowest BCUT2D eigenvalue weighted by Crippen LogP contribution is -2.13. The van der Waals surface area contributed by atoms with Crippen LogP contribution in [0.1, 0.15) is 37.8 Å². The van der Waals surface area contributed by atoms with Gasteiger partial charge in [-0.15, -0.1) is 0 Å². The summed E-state index contributed by atoms with van der Waals surface area (Å²) in [7, 11) is 0. The highest BCUT2D eigenvalue weighted by atomic mass is 16.3. The van der Waals surface area contributed by atoms with Crippen LogP contribution in [0, 0.1) is 5.92 Å². The van der Waals surface area contributed by atoms with Crippen molar-refractivity contribution in [2.24, 2.45) is 5.92 Å². The molecule has 1 saturated carbocycles. The maximum absolute atomic E-state index is 9.89. The molecule has 0 amide bonds. The van der Waals surface area contributed by atoms with E-state index in [2.05, 4.69) is 24.3 Å². The van der Waals surface area contributed by atoms with Crippen LogP contribution in [-0.2, 0) is 6.42 Å². The highest BCUT2D eigenvalue weighted by molar-refractivity contribution is 5.78. The predicted molar refractivity (Wildman–Crippen MR) is 78.0 cm³/mol. The zero-order valence-electron chi connectivity index (χ0n) is 11.3. The van der Waals surface area contributed by atoms with E-state index >= 15 is 0 Å². The van der Waals surface area contributed by atoms with Crippen LogP contribution in [0.3, 0.4) is 0 Å². The Morgan fingerprint density at radius 3 is 2.84 bits per heavy atom. The average Bonchev–Trinajstić information content (AvgIpc) is 2.63. The van der Waals surface area contributed by atoms with Crippen molar-refractivity contribution in [3.63, 3.8) is 0 Å². The third-order valence-corrected chi connectivity index (χ3v) is 4.16. The summed E-state index contributed by atoms with van der Waals surface area (Å²) in [6.07, 6.45) is 6.45. The zero-order chi connectivity index (χ0) is 13.1. The molecule has 1 aromatic heterocycles. The van der Waals surface area contributed by atoms with Gasteiger partial charge in [-0.1, -0.05) is 37.1 Å². The number of hydrogen-bond acceptors (Lipinski definition) is 2. The number of aliphatic hydroxyl groups is 1. The van der Waals surface area contributed by atoms with Gasteiger partial charge in [0.05, 0.1) is 11.6 Å². The first-order valence-electron chi connectivity index (χ1n) is 7.34. The van der Waals surface area contributed by atoms with E-state index in [1.165, 1.54) is 24.6 Å². The van der Waals surface area contributed by atoms with Crippen molar-refractivity contribution in [1.29, 1.82) is 0 Å². The van der Waals surface area contributed by atoms with Crippen molar-refractivity contribution in [2.75, 3.05) is 0 Å². The Hall–Kier alpha value is -1.41. The second kappa shape index (κ2) is 5.70. The fourth-order valence-electron chi connectivity index (χ4n) is 3.14. The van der Waals surface area contributed by atoms with Gasteiger partial charge in [0, 0.05) is 11.1 Å². The molecule has 1 fully saturated rings. The van der Waals surface area contributed by atoms with E-state index in [4.69, 9.17) is 4.98 Å². The fourth-order valence-corrected chi connectivity index (χ4v) is 3.14. The Morgan fingerprint density at radius 1 is 1.05 bits per heavy atom. The summed E-state index contributed by atoms with van der Waals surface area (Å²) in [5.74, 6) is 0.589. The molecule has 2 aromatic rings. The molecule has 0 spiro atoms. The largest absolute Gasteiger partial charge is 0.393 e. The van der Waals surface area contributed by atoms with Crippen molar-refractivity contribution in [1.82, 2.24) is 4.98 Å². The summed E-state index contributed by atoms with van der Waals surface area (Å²) < 4.78 is 0. The quantitative estimate of drug-likeness (QED) is 0.830. The lowest BCUT2D eigenvalue weighted by atomic mass is 9.93. The normalized spacial score (nSPS) is 24.3. The molecule has 1 aromatic carbocycles. The van der Waals surface area contributed by atoms with E-state index < -0.39 is 0 Å². The van der Waals surface area contributed by atoms with Gasteiger partial charge in [0.15, 0.2) is 0 Å². The van der Waals surface area contributed by atoms with Gasteiger partial charge in [-0.25, -0.2) is 0 Å². The van der Waals surface area contributed by atoms with Crippen LogP contribution in [0.15, 0.2) is 36.4 Å². The molecule has 0 bridgehead atoms. The number of pyridine rings is 1. The number of rotatable bonds is 2. The number of fused-ring (bicyclic) bond motifs is 1. The van der Waals surface area contributed by atoms with Crippen LogP contribution in [-0.4, -0.2) is 16.2 Å². The van der Waals surface area contributed by atoms with Gasteiger partial charge < -0.3 is 5.11 Å². The van der Waals surface area contributed by atoms with E-state index in [9.17, 15) is 5.11 Å². The van der Waals surface area contributed by atoms with E-state index in [1.807, 2.05) is 12.1 Å². The molecule has 3 rings (SSSR count). The number of nitrogens with zero attached hydrogens (tertiary/aromatic N) is 1. The maximum Gasteiger partial charge on any atom is 0.0705 e. The Kier molecular flexibility index (Phi) is 3.79. The number of aromatic nitrogens is 1. The van der Waals surface area contributed by atoms with Gasteiger partial charge in [-0.3, -0.25) is 4.98 Å². The first kappa shape index (κ1) is 12.6. The van der Waals surface area contributed by atoms with Crippen molar-refractivity contribution in [3.8, 4) is 0 Å². The van der Waals surface area contributed by atoms with Gasteiger partial charge in [-0.05, 0) is 43.7 Å². The van der Waals surface area contributed by atoms with Gasteiger partial charge in [-0.2, -0.15) is 0 Å². The lowest BCUT2D eigenvalue weighted by molar-refractivity contribution is 0.141. The Balaban J connectivity index is 1.76. The molecule has 19 heavy (non-hydrogen) atoms. The smallest absolute Gasteiger partial charge is 0.0705 e. The van der Waals surface area contributed by atoms with E-state index in [0.717, 1.165) is 30.5 Å². The summed E-state index contributed by atoms with van der Waals surface area (Å²) in [5.41, 5.74) is 2.24. The predicted octanol–water partition coefficient (Wildman–Crippen LogP) is 3.72. The molecule has 2 atom stereocenters. The molecule has 1 aliphatic rings. The molecule has 1 aliphatic carbocycles. The van der Waals surface area contributed by atoms with Gasteiger partial charge in [0.25, 0.3) is 0 Å². The molecule has 2 unspecified atom stereocenters. The van der Waals surface area contributed by atoms with E-state index in [0.29, 0.717) is 5.92 Å². The van der Waals surface area contributed by atoms with E-state index in [-0.39, 0.29) is 6.10 Å². The molecular formula is C17H21NO. The second-order valence-corrected chi connectivity index (χ2v) is 5.74. The third kappa shape index (κ3) is 3.13. The fraction of sp³-hybridized carbons (Fsp3) is 0.471. The molecule has 100 valence electrons. The SMILES string of the molecule is OC1CCCCC(Cc2ccc3ccccc3n2)C1. The van der Waals surface area contributed by atoms with Crippen molar-refractivity contribution < 1.29 is 5.11 Å². The summed E-state index contributed by atoms with van der Waals surface area (Å²) >= 11 is 0. The van der Waals surface area contributed by atoms with Gasteiger partial charge >= 0.3 is 0 Å². The standard InChI is InChI=1S/C17H21NO/c19-16-7-3-1-5-13(12-16)11-15-10-9-14-6-2-4-8-17(14)18-15/h2,4,6,8-10,13,16,19H,1,3,5,7,11-12H2. The summed E-state index contributed by atoms with van der Waals surface area (Å²) in [5, 5.41) is 11.1. The number of aliphatic hydroxyl groups excluding tert-OH is 1. The number of para-hydroxylation sites is 1. The topological polar surface area (TPSA) is 33.1 Å². The molecule has 2 nitrogen and oxygen atoms in total. The minimum absolute atomic E-state index is 0.104. The molecule has 2 heteroatoms. The lowest BCUT2D eigenvalue weighted by Gasteiger charge is -2.16. The van der Waals surface area contributed by atoms with Crippen molar-refractivity contribution >= 4 is 10.9 Å². The first-order valence-corrected chi connectivity index (χ1v) is 7.34. The monoisotopic (exact) mass is 255 g/mol. The van der Waals surface area contributed by atoms with Crippen LogP contribution in [0.5, 0.6) is 0 Å². The minimum atomic E-state index is -0.104. The third-order valence-electron chi connectivity index (χ3n) is 4.16. The van der Waals surface area contributed by atoms with Crippen LogP contribution in [0.2, 0.25) is 0 Å². The molecular weight excluding hydrogens is 234 g/mol.